The van der Waals surface area contributed by atoms with Crippen molar-refractivity contribution < 1.29 is 14.3 Å². The maximum Gasteiger partial charge on any atom is 0.253 e. The van der Waals surface area contributed by atoms with Crippen LogP contribution in [0.3, 0.4) is 0 Å². The number of methoxy groups -OCH3 is 2. The van der Waals surface area contributed by atoms with E-state index in [1.165, 1.54) is 0 Å². The van der Waals surface area contributed by atoms with E-state index in [0.717, 1.165) is 16.8 Å². The van der Waals surface area contributed by atoms with E-state index in [1.807, 2.05) is 19.9 Å². The molecule has 0 aliphatic carbocycles. The third-order valence-electron chi connectivity index (χ3n) is 3.79. The molecule has 1 heterocycles. The van der Waals surface area contributed by atoms with Crippen LogP contribution < -0.4 is 20.3 Å². The van der Waals surface area contributed by atoms with Gasteiger partial charge in [-0.15, -0.1) is 0 Å². The summed E-state index contributed by atoms with van der Waals surface area (Å²) in [5.74, 6) is 1.08. The highest BCUT2D eigenvalue weighted by atomic mass is 16.5. The molecular formula is C18H22N2O4. The van der Waals surface area contributed by atoms with E-state index in [1.54, 1.807) is 32.4 Å². The molecule has 6 nitrogen and oxygen atoms in total. The third-order valence-corrected chi connectivity index (χ3v) is 3.79. The molecule has 2 N–H and O–H groups in total. The van der Waals surface area contributed by atoms with Gasteiger partial charge < -0.3 is 19.8 Å². The maximum atomic E-state index is 12.2. The molecule has 0 aliphatic heterocycles. The van der Waals surface area contributed by atoms with E-state index < -0.39 is 0 Å². The van der Waals surface area contributed by atoms with Gasteiger partial charge in [0.05, 0.1) is 20.6 Å². The molecule has 0 bridgehead atoms. The second-order valence-corrected chi connectivity index (χ2v) is 5.57. The van der Waals surface area contributed by atoms with Crippen molar-refractivity contribution in [2.75, 3.05) is 14.2 Å². The van der Waals surface area contributed by atoms with Crippen LogP contribution in [0.15, 0.2) is 29.1 Å². The molecule has 1 aromatic carbocycles. The molecule has 0 saturated heterocycles. The standard InChI is InChI=1S/C18H22N2O4/c1-11-7-12(2)20-18(22)15(11)10-19-17(21)9-13-8-14(23-3)5-6-16(13)24-4/h5-8H,9-10H2,1-4H3,(H,19,21)(H,20,22). The van der Waals surface area contributed by atoms with Crippen LogP contribution in [-0.4, -0.2) is 25.1 Å². The highest BCUT2D eigenvalue weighted by molar-refractivity contribution is 5.79. The number of nitrogens with one attached hydrogen (secondary N) is 2. The Labute approximate surface area is 140 Å². The number of ether oxygens (including phenoxy) is 2. The number of carbonyl (C=O) groups excluding carboxylic acids is 1. The highest BCUT2D eigenvalue weighted by Crippen LogP contribution is 2.24. The van der Waals surface area contributed by atoms with Crippen LogP contribution in [0.4, 0.5) is 0 Å². The van der Waals surface area contributed by atoms with Gasteiger partial charge in [-0.25, -0.2) is 0 Å². The van der Waals surface area contributed by atoms with E-state index >= 15 is 0 Å². The number of aryl methyl sites for hydroxylation is 2. The Bertz CT molecular complexity index is 796. The number of rotatable bonds is 6. The van der Waals surface area contributed by atoms with Gasteiger partial charge in [0.25, 0.3) is 5.56 Å². The van der Waals surface area contributed by atoms with E-state index in [-0.39, 0.29) is 24.4 Å². The highest BCUT2D eigenvalue weighted by Gasteiger charge is 2.12. The van der Waals surface area contributed by atoms with Crippen LogP contribution in [0.5, 0.6) is 11.5 Å². The summed E-state index contributed by atoms with van der Waals surface area (Å²) < 4.78 is 10.4. The molecule has 1 aromatic heterocycles. The van der Waals surface area contributed by atoms with Gasteiger partial charge in [-0.2, -0.15) is 0 Å². The Balaban J connectivity index is 2.08. The first-order valence-corrected chi connectivity index (χ1v) is 7.61. The van der Waals surface area contributed by atoms with Crippen LogP contribution in [0.2, 0.25) is 0 Å². The monoisotopic (exact) mass is 330 g/mol. The van der Waals surface area contributed by atoms with Gasteiger partial charge in [-0.05, 0) is 43.7 Å². The first-order valence-electron chi connectivity index (χ1n) is 7.61. The Kier molecular flexibility index (Phi) is 5.63. The van der Waals surface area contributed by atoms with Crippen molar-refractivity contribution in [3.05, 3.63) is 57.0 Å². The van der Waals surface area contributed by atoms with Gasteiger partial charge in [0.15, 0.2) is 0 Å². The molecule has 2 rings (SSSR count). The lowest BCUT2D eigenvalue weighted by Gasteiger charge is -2.11. The summed E-state index contributed by atoms with van der Waals surface area (Å²) in [6.45, 7) is 3.87. The third kappa shape index (κ3) is 4.16. The number of pyridine rings is 1. The lowest BCUT2D eigenvalue weighted by atomic mass is 10.1. The zero-order valence-corrected chi connectivity index (χ0v) is 14.4. The quantitative estimate of drug-likeness (QED) is 0.847. The van der Waals surface area contributed by atoms with Crippen molar-refractivity contribution in [3.8, 4) is 11.5 Å². The Hall–Kier alpha value is -2.76. The predicted molar refractivity (Wildman–Crippen MR) is 91.6 cm³/mol. The topological polar surface area (TPSA) is 80.4 Å². The van der Waals surface area contributed by atoms with Gasteiger partial charge in [0.2, 0.25) is 5.91 Å². The van der Waals surface area contributed by atoms with E-state index in [0.29, 0.717) is 17.1 Å². The average Bonchev–Trinajstić information content (AvgIpc) is 2.53. The number of hydrogen-bond acceptors (Lipinski definition) is 4. The summed E-state index contributed by atoms with van der Waals surface area (Å²) in [5.41, 5.74) is 2.77. The number of carbonyl (C=O) groups is 1. The number of aromatic nitrogens is 1. The fourth-order valence-corrected chi connectivity index (χ4v) is 2.54. The summed E-state index contributed by atoms with van der Waals surface area (Å²) >= 11 is 0. The fourth-order valence-electron chi connectivity index (χ4n) is 2.54. The van der Waals surface area contributed by atoms with E-state index in [9.17, 15) is 9.59 Å². The van der Waals surface area contributed by atoms with Crippen molar-refractivity contribution in [2.24, 2.45) is 0 Å². The Morgan fingerprint density at radius 2 is 1.92 bits per heavy atom. The number of hydrogen-bond donors (Lipinski definition) is 2. The molecule has 0 spiro atoms. The molecule has 2 aromatic rings. The van der Waals surface area contributed by atoms with Gasteiger partial charge in [-0.3, -0.25) is 9.59 Å². The Morgan fingerprint density at radius 1 is 1.17 bits per heavy atom. The van der Waals surface area contributed by atoms with Gasteiger partial charge in [0, 0.05) is 23.4 Å². The summed E-state index contributed by atoms with van der Waals surface area (Å²) in [6, 6.07) is 7.18. The van der Waals surface area contributed by atoms with Crippen LogP contribution in [0.25, 0.3) is 0 Å². The summed E-state index contributed by atoms with van der Waals surface area (Å²) in [4.78, 5) is 26.9. The van der Waals surface area contributed by atoms with E-state index in [4.69, 9.17) is 9.47 Å². The van der Waals surface area contributed by atoms with Crippen LogP contribution in [0, 0.1) is 13.8 Å². The van der Waals surface area contributed by atoms with Crippen molar-refractivity contribution in [2.45, 2.75) is 26.8 Å². The SMILES string of the molecule is COc1ccc(OC)c(CC(=O)NCc2c(C)cc(C)[nH]c2=O)c1. The second kappa shape index (κ2) is 7.68. The molecule has 0 atom stereocenters. The minimum absolute atomic E-state index is 0.142. The number of aromatic amines is 1. The van der Waals surface area contributed by atoms with Crippen LogP contribution in [0.1, 0.15) is 22.4 Å². The largest absolute Gasteiger partial charge is 0.497 e. The normalized spacial score (nSPS) is 10.3. The average molecular weight is 330 g/mol. The zero-order chi connectivity index (χ0) is 17.7. The maximum absolute atomic E-state index is 12.2. The summed E-state index contributed by atoms with van der Waals surface area (Å²) in [7, 11) is 3.12. The zero-order valence-electron chi connectivity index (χ0n) is 14.4. The minimum Gasteiger partial charge on any atom is -0.497 e. The number of amides is 1. The lowest BCUT2D eigenvalue weighted by Crippen LogP contribution is -2.29. The molecule has 0 fully saturated rings. The van der Waals surface area contributed by atoms with Crippen LogP contribution >= 0.6 is 0 Å². The van der Waals surface area contributed by atoms with Crippen LogP contribution in [-0.2, 0) is 17.8 Å². The Morgan fingerprint density at radius 3 is 2.54 bits per heavy atom. The molecule has 1 amide bonds. The minimum atomic E-state index is -0.194. The molecule has 24 heavy (non-hydrogen) atoms. The molecule has 0 aliphatic rings. The fraction of sp³-hybridized carbons (Fsp3) is 0.333. The van der Waals surface area contributed by atoms with Gasteiger partial charge in [-0.1, -0.05) is 0 Å². The first kappa shape index (κ1) is 17.6. The number of benzene rings is 1. The van der Waals surface area contributed by atoms with Crippen molar-refractivity contribution in [1.82, 2.24) is 10.3 Å². The van der Waals surface area contributed by atoms with Crippen molar-refractivity contribution in [1.29, 1.82) is 0 Å². The van der Waals surface area contributed by atoms with Gasteiger partial charge >= 0.3 is 0 Å². The summed E-state index contributed by atoms with van der Waals surface area (Å²) in [5, 5.41) is 2.78. The smallest absolute Gasteiger partial charge is 0.253 e. The molecule has 0 saturated carbocycles. The molecule has 128 valence electrons. The van der Waals surface area contributed by atoms with Crippen molar-refractivity contribution >= 4 is 5.91 Å². The lowest BCUT2D eigenvalue weighted by molar-refractivity contribution is -0.120. The first-order chi connectivity index (χ1) is 11.4. The van der Waals surface area contributed by atoms with Gasteiger partial charge in [0.1, 0.15) is 11.5 Å². The van der Waals surface area contributed by atoms with Crippen molar-refractivity contribution in [3.63, 3.8) is 0 Å². The molecule has 6 heteroatoms. The molecular weight excluding hydrogens is 308 g/mol. The number of H-pyrrole nitrogens is 1. The predicted octanol–water partition coefficient (Wildman–Crippen LogP) is 1.87. The van der Waals surface area contributed by atoms with E-state index in [2.05, 4.69) is 10.3 Å². The molecule has 0 unspecified atom stereocenters. The summed E-state index contributed by atoms with van der Waals surface area (Å²) in [6.07, 6.45) is 0.142. The second-order valence-electron chi connectivity index (χ2n) is 5.57. The molecule has 0 radical (unpaired) electrons.